The van der Waals surface area contributed by atoms with E-state index in [-0.39, 0.29) is 42.7 Å². The molecule has 2 unspecified atom stereocenters. The standard InChI is InChI=1S/C17H25N3O.2ClH/c1-2-8-20-10-13-4-3-5-16(15(13)11-20)19-17(21)12-6-7-14(18)9-12;;/h3-5,12,14H,2,6-11,18H2,1H3,(H,19,21);2*1H. The predicted octanol–water partition coefficient (Wildman–Crippen LogP) is 3.32. The van der Waals surface area contributed by atoms with Crippen LogP contribution in [0.5, 0.6) is 0 Å². The molecule has 1 amide bonds. The number of anilines is 1. The maximum atomic E-state index is 12.4. The van der Waals surface area contributed by atoms with E-state index in [0.717, 1.165) is 51.0 Å². The van der Waals surface area contributed by atoms with Crippen LogP contribution in [0, 0.1) is 5.92 Å². The van der Waals surface area contributed by atoms with E-state index in [9.17, 15) is 4.79 Å². The fraction of sp³-hybridized carbons (Fsp3) is 0.588. The first-order chi connectivity index (χ1) is 10.2. The fourth-order valence-corrected chi connectivity index (χ4v) is 3.57. The molecule has 0 radical (unpaired) electrons. The van der Waals surface area contributed by atoms with Crippen molar-refractivity contribution in [2.24, 2.45) is 11.7 Å². The zero-order valence-electron chi connectivity index (χ0n) is 13.6. The van der Waals surface area contributed by atoms with Crippen molar-refractivity contribution in [2.45, 2.75) is 51.7 Å². The zero-order valence-corrected chi connectivity index (χ0v) is 15.2. The van der Waals surface area contributed by atoms with Gasteiger partial charge in [0.1, 0.15) is 0 Å². The first-order valence-electron chi connectivity index (χ1n) is 8.07. The number of nitrogens with two attached hydrogens (primary N) is 1. The molecular weight excluding hydrogens is 333 g/mol. The smallest absolute Gasteiger partial charge is 0.227 e. The monoisotopic (exact) mass is 359 g/mol. The molecule has 3 rings (SSSR count). The summed E-state index contributed by atoms with van der Waals surface area (Å²) >= 11 is 0. The normalized spacial score (nSPS) is 22.9. The average molecular weight is 360 g/mol. The summed E-state index contributed by atoms with van der Waals surface area (Å²) in [7, 11) is 0. The van der Waals surface area contributed by atoms with Crippen LogP contribution in [-0.4, -0.2) is 23.4 Å². The van der Waals surface area contributed by atoms with E-state index in [1.165, 1.54) is 11.1 Å². The first-order valence-corrected chi connectivity index (χ1v) is 8.07. The Morgan fingerprint density at radius 2 is 2.09 bits per heavy atom. The molecule has 1 aromatic carbocycles. The van der Waals surface area contributed by atoms with E-state index in [1.54, 1.807) is 0 Å². The summed E-state index contributed by atoms with van der Waals surface area (Å²) in [5, 5.41) is 3.15. The molecule has 0 spiro atoms. The van der Waals surface area contributed by atoms with Crippen LogP contribution >= 0.6 is 24.8 Å². The molecule has 0 aromatic heterocycles. The molecule has 0 saturated heterocycles. The number of carbonyl (C=O) groups excluding carboxylic acids is 1. The summed E-state index contributed by atoms with van der Waals surface area (Å²) < 4.78 is 0. The van der Waals surface area contributed by atoms with Gasteiger partial charge in [0.25, 0.3) is 0 Å². The van der Waals surface area contributed by atoms with Gasteiger partial charge in [-0.2, -0.15) is 0 Å². The fourth-order valence-electron chi connectivity index (χ4n) is 3.57. The quantitative estimate of drug-likeness (QED) is 0.866. The number of nitrogens with zero attached hydrogens (tertiary/aromatic N) is 1. The Bertz CT molecular complexity index is 539. The predicted molar refractivity (Wildman–Crippen MR) is 99.3 cm³/mol. The van der Waals surface area contributed by atoms with Crippen molar-refractivity contribution in [1.29, 1.82) is 0 Å². The number of rotatable bonds is 4. The SMILES string of the molecule is CCCN1Cc2cccc(NC(=O)C3CCC(N)C3)c2C1.Cl.Cl. The zero-order chi connectivity index (χ0) is 14.8. The van der Waals surface area contributed by atoms with E-state index in [0.29, 0.717) is 0 Å². The Balaban J connectivity index is 0.00000132. The minimum absolute atomic E-state index is 0. The van der Waals surface area contributed by atoms with Gasteiger partial charge in [-0.1, -0.05) is 19.1 Å². The molecule has 1 fully saturated rings. The molecule has 2 aliphatic rings. The van der Waals surface area contributed by atoms with Crippen LogP contribution < -0.4 is 11.1 Å². The van der Waals surface area contributed by atoms with Gasteiger partial charge in [-0.3, -0.25) is 9.69 Å². The Morgan fingerprint density at radius 1 is 1.30 bits per heavy atom. The van der Waals surface area contributed by atoms with Crippen LogP contribution in [0.2, 0.25) is 0 Å². The molecule has 4 nitrogen and oxygen atoms in total. The average Bonchev–Trinajstić information content (AvgIpc) is 3.05. The number of fused-ring (bicyclic) bond motifs is 1. The maximum absolute atomic E-state index is 12.4. The van der Waals surface area contributed by atoms with Gasteiger partial charge >= 0.3 is 0 Å². The van der Waals surface area contributed by atoms with Crippen molar-refractivity contribution in [3.05, 3.63) is 29.3 Å². The van der Waals surface area contributed by atoms with Gasteiger partial charge in [-0.15, -0.1) is 24.8 Å². The highest BCUT2D eigenvalue weighted by Gasteiger charge is 2.29. The van der Waals surface area contributed by atoms with Gasteiger partial charge in [-0.05, 0) is 49.4 Å². The highest BCUT2D eigenvalue weighted by Crippen LogP contribution is 2.31. The highest BCUT2D eigenvalue weighted by molar-refractivity contribution is 5.93. The van der Waals surface area contributed by atoms with E-state index in [2.05, 4.69) is 23.2 Å². The molecule has 0 bridgehead atoms. The van der Waals surface area contributed by atoms with Gasteiger partial charge < -0.3 is 11.1 Å². The Kier molecular flexibility index (Phi) is 7.81. The topological polar surface area (TPSA) is 58.4 Å². The summed E-state index contributed by atoms with van der Waals surface area (Å²) in [5.74, 6) is 0.231. The number of benzene rings is 1. The maximum Gasteiger partial charge on any atom is 0.227 e. The molecule has 130 valence electrons. The van der Waals surface area contributed by atoms with Gasteiger partial charge in [0.2, 0.25) is 5.91 Å². The van der Waals surface area contributed by atoms with E-state index >= 15 is 0 Å². The molecule has 1 aliphatic heterocycles. The van der Waals surface area contributed by atoms with Crippen LogP contribution in [0.1, 0.15) is 43.7 Å². The van der Waals surface area contributed by atoms with Crippen molar-refractivity contribution in [3.63, 3.8) is 0 Å². The summed E-state index contributed by atoms with van der Waals surface area (Å²) in [6.45, 7) is 5.26. The van der Waals surface area contributed by atoms with Crippen LogP contribution in [0.25, 0.3) is 0 Å². The second-order valence-corrected chi connectivity index (χ2v) is 6.41. The Labute approximate surface area is 151 Å². The van der Waals surface area contributed by atoms with Gasteiger partial charge in [0.15, 0.2) is 0 Å². The van der Waals surface area contributed by atoms with E-state index in [1.807, 2.05) is 12.1 Å². The van der Waals surface area contributed by atoms with Gasteiger partial charge in [-0.25, -0.2) is 0 Å². The summed E-state index contributed by atoms with van der Waals surface area (Å²) in [6, 6.07) is 6.44. The van der Waals surface area contributed by atoms with Crippen LogP contribution in [0.3, 0.4) is 0 Å². The first kappa shape index (κ1) is 20.2. The van der Waals surface area contributed by atoms with Crippen molar-refractivity contribution >= 4 is 36.4 Å². The van der Waals surface area contributed by atoms with Crippen LogP contribution in [-0.2, 0) is 17.9 Å². The highest BCUT2D eigenvalue weighted by atomic mass is 35.5. The second kappa shape index (κ2) is 8.88. The second-order valence-electron chi connectivity index (χ2n) is 6.41. The lowest BCUT2D eigenvalue weighted by molar-refractivity contribution is -0.119. The molecule has 1 saturated carbocycles. The third-order valence-electron chi connectivity index (χ3n) is 4.69. The lowest BCUT2D eigenvalue weighted by Crippen LogP contribution is -2.24. The number of halogens is 2. The minimum Gasteiger partial charge on any atom is -0.328 e. The molecular formula is C17H27Cl2N3O. The molecule has 1 aromatic rings. The molecule has 2 atom stereocenters. The third kappa shape index (κ3) is 4.60. The van der Waals surface area contributed by atoms with Crippen LogP contribution in [0.15, 0.2) is 18.2 Å². The number of hydrogen-bond donors (Lipinski definition) is 2. The number of hydrogen-bond acceptors (Lipinski definition) is 3. The Morgan fingerprint density at radius 3 is 2.74 bits per heavy atom. The van der Waals surface area contributed by atoms with Crippen molar-refractivity contribution in [3.8, 4) is 0 Å². The molecule has 23 heavy (non-hydrogen) atoms. The number of nitrogens with one attached hydrogen (secondary N) is 1. The lowest BCUT2D eigenvalue weighted by atomic mass is 10.1. The van der Waals surface area contributed by atoms with E-state index < -0.39 is 0 Å². The number of carbonyl (C=O) groups is 1. The van der Waals surface area contributed by atoms with Gasteiger partial charge in [0, 0.05) is 30.7 Å². The van der Waals surface area contributed by atoms with Crippen molar-refractivity contribution < 1.29 is 4.79 Å². The summed E-state index contributed by atoms with van der Waals surface area (Å²) in [4.78, 5) is 14.8. The number of amides is 1. The molecule has 1 heterocycles. The minimum atomic E-state index is 0. The van der Waals surface area contributed by atoms with Gasteiger partial charge in [0.05, 0.1) is 0 Å². The van der Waals surface area contributed by atoms with E-state index in [4.69, 9.17) is 5.73 Å². The van der Waals surface area contributed by atoms with Crippen LogP contribution in [0.4, 0.5) is 5.69 Å². The Hall–Kier alpha value is -0.810. The molecule has 6 heteroatoms. The summed E-state index contributed by atoms with van der Waals surface area (Å²) in [5.41, 5.74) is 9.55. The lowest BCUT2D eigenvalue weighted by Gasteiger charge is -2.15. The molecule has 3 N–H and O–H groups in total. The van der Waals surface area contributed by atoms with Crippen molar-refractivity contribution in [1.82, 2.24) is 4.90 Å². The summed E-state index contributed by atoms with van der Waals surface area (Å²) in [6.07, 6.45) is 3.87. The third-order valence-corrected chi connectivity index (χ3v) is 4.69. The molecule has 1 aliphatic carbocycles. The largest absolute Gasteiger partial charge is 0.328 e. The van der Waals surface area contributed by atoms with Crippen molar-refractivity contribution in [2.75, 3.05) is 11.9 Å².